The summed E-state index contributed by atoms with van der Waals surface area (Å²) in [4.78, 5) is 0. The third kappa shape index (κ3) is 2.86. The van der Waals surface area contributed by atoms with Gasteiger partial charge in [-0.1, -0.05) is 42.5 Å². The molecule has 3 N–H and O–H groups in total. The number of hydrogen-bond acceptors (Lipinski definition) is 1. The van der Waals surface area contributed by atoms with Gasteiger partial charge in [-0.15, -0.1) is 12.4 Å². The van der Waals surface area contributed by atoms with E-state index in [0.717, 1.165) is 16.7 Å². The van der Waals surface area contributed by atoms with Gasteiger partial charge in [0.25, 0.3) is 0 Å². The number of nitrogens with one attached hydrogen (secondary N) is 1. The summed E-state index contributed by atoms with van der Waals surface area (Å²) in [7, 11) is 0. The summed E-state index contributed by atoms with van der Waals surface area (Å²) in [6.07, 6.45) is 0. The maximum Gasteiger partial charge on any atom is 0.122 e. The second-order valence-corrected chi connectivity index (χ2v) is 3.81. The van der Waals surface area contributed by atoms with Crippen LogP contribution in [0.1, 0.15) is 11.1 Å². The molecule has 0 amide bonds. The van der Waals surface area contributed by atoms with Gasteiger partial charge < -0.3 is 5.73 Å². The molecule has 0 radical (unpaired) electrons. The Hall–Kier alpha value is -1.80. The third-order valence-corrected chi connectivity index (χ3v) is 2.63. The zero-order chi connectivity index (χ0) is 11.5. The molecule has 3 heteroatoms. The van der Waals surface area contributed by atoms with Gasteiger partial charge in [0.1, 0.15) is 5.84 Å². The number of aryl methyl sites for hydroxylation is 1. The van der Waals surface area contributed by atoms with Crippen molar-refractivity contribution in [3.63, 3.8) is 0 Å². The minimum atomic E-state index is 0. The molecule has 0 aliphatic heterocycles. The standard InChI is InChI=1S/C14H14N2.ClH/c1-10-7-8-12(14(15)16)9-13(10)11-5-3-2-4-6-11;/h2-9H,1H3,(H3,15,16);1H. The van der Waals surface area contributed by atoms with Crippen LogP contribution in [0.25, 0.3) is 11.1 Å². The molecule has 88 valence electrons. The van der Waals surface area contributed by atoms with E-state index in [1.54, 1.807) is 0 Å². The van der Waals surface area contributed by atoms with E-state index in [4.69, 9.17) is 11.1 Å². The predicted octanol–water partition coefficient (Wildman–Crippen LogP) is 3.37. The fraction of sp³-hybridized carbons (Fsp3) is 0.0714. The van der Waals surface area contributed by atoms with E-state index in [-0.39, 0.29) is 18.2 Å². The van der Waals surface area contributed by atoms with Crippen molar-refractivity contribution >= 4 is 18.2 Å². The molecule has 17 heavy (non-hydrogen) atoms. The molecule has 0 heterocycles. The smallest absolute Gasteiger partial charge is 0.122 e. The maximum absolute atomic E-state index is 7.44. The van der Waals surface area contributed by atoms with Gasteiger partial charge in [0.05, 0.1) is 0 Å². The number of amidine groups is 1. The third-order valence-electron chi connectivity index (χ3n) is 2.63. The van der Waals surface area contributed by atoms with Crippen molar-refractivity contribution in [2.75, 3.05) is 0 Å². The van der Waals surface area contributed by atoms with E-state index in [1.165, 1.54) is 5.56 Å². The van der Waals surface area contributed by atoms with Crippen LogP contribution in [0.3, 0.4) is 0 Å². The van der Waals surface area contributed by atoms with Gasteiger partial charge >= 0.3 is 0 Å². The van der Waals surface area contributed by atoms with Gasteiger partial charge in [-0.05, 0) is 29.7 Å². The number of benzene rings is 2. The molecular formula is C14H15ClN2. The largest absolute Gasteiger partial charge is 0.384 e. The normalized spacial score (nSPS) is 9.47. The average molecular weight is 247 g/mol. The van der Waals surface area contributed by atoms with Crippen molar-refractivity contribution in [3.05, 3.63) is 59.7 Å². The monoisotopic (exact) mass is 246 g/mol. The predicted molar refractivity (Wildman–Crippen MR) is 74.9 cm³/mol. The lowest BCUT2D eigenvalue weighted by Crippen LogP contribution is -2.11. The first kappa shape index (κ1) is 13.3. The second-order valence-electron chi connectivity index (χ2n) is 3.81. The zero-order valence-electron chi connectivity index (χ0n) is 9.60. The lowest BCUT2D eigenvalue weighted by Gasteiger charge is -2.08. The molecule has 0 saturated heterocycles. The number of nitrogen functional groups attached to an aromatic ring is 1. The first-order valence-corrected chi connectivity index (χ1v) is 5.19. The highest BCUT2D eigenvalue weighted by Gasteiger charge is 2.04. The molecule has 0 fully saturated rings. The Morgan fingerprint density at radius 3 is 2.29 bits per heavy atom. The summed E-state index contributed by atoms with van der Waals surface area (Å²) in [6.45, 7) is 2.06. The lowest BCUT2D eigenvalue weighted by molar-refractivity contribution is 1.39. The van der Waals surface area contributed by atoms with Crippen molar-refractivity contribution in [2.24, 2.45) is 5.73 Å². The molecule has 2 aromatic carbocycles. The van der Waals surface area contributed by atoms with Crippen molar-refractivity contribution in [1.82, 2.24) is 0 Å². The Bertz CT molecular complexity index is 521. The molecule has 0 unspecified atom stereocenters. The fourth-order valence-corrected chi connectivity index (χ4v) is 1.72. The molecule has 0 aliphatic carbocycles. The van der Waals surface area contributed by atoms with Crippen LogP contribution < -0.4 is 5.73 Å². The molecule has 2 aromatic rings. The van der Waals surface area contributed by atoms with E-state index in [1.807, 2.05) is 36.4 Å². The topological polar surface area (TPSA) is 49.9 Å². The van der Waals surface area contributed by atoms with Crippen molar-refractivity contribution in [3.8, 4) is 11.1 Å². The van der Waals surface area contributed by atoms with Gasteiger partial charge in [-0.2, -0.15) is 0 Å². The molecule has 2 rings (SSSR count). The first-order chi connectivity index (χ1) is 7.68. The van der Waals surface area contributed by atoms with Gasteiger partial charge in [0, 0.05) is 5.56 Å². The minimum Gasteiger partial charge on any atom is -0.384 e. The molecule has 0 saturated carbocycles. The fourth-order valence-electron chi connectivity index (χ4n) is 1.72. The van der Waals surface area contributed by atoms with Crippen molar-refractivity contribution < 1.29 is 0 Å². The number of halogens is 1. The Morgan fingerprint density at radius 1 is 1.06 bits per heavy atom. The number of rotatable bonds is 2. The molecule has 0 aliphatic rings. The van der Waals surface area contributed by atoms with E-state index in [2.05, 4.69) is 19.1 Å². The summed E-state index contributed by atoms with van der Waals surface area (Å²) >= 11 is 0. The summed E-state index contributed by atoms with van der Waals surface area (Å²) in [6, 6.07) is 16.0. The Kier molecular flexibility index (Phi) is 4.30. The second kappa shape index (κ2) is 5.51. The Morgan fingerprint density at radius 2 is 1.71 bits per heavy atom. The SMILES string of the molecule is Cc1ccc(C(=N)N)cc1-c1ccccc1.Cl. The van der Waals surface area contributed by atoms with Gasteiger partial charge in [0.2, 0.25) is 0 Å². The molecular weight excluding hydrogens is 232 g/mol. The van der Waals surface area contributed by atoms with Crippen LogP contribution in [-0.2, 0) is 0 Å². The van der Waals surface area contributed by atoms with Gasteiger partial charge in [0.15, 0.2) is 0 Å². The van der Waals surface area contributed by atoms with E-state index < -0.39 is 0 Å². The van der Waals surface area contributed by atoms with Crippen LogP contribution >= 0.6 is 12.4 Å². The van der Waals surface area contributed by atoms with E-state index in [9.17, 15) is 0 Å². The van der Waals surface area contributed by atoms with Crippen LogP contribution in [0.2, 0.25) is 0 Å². The quantitative estimate of drug-likeness (QED) is 0.620. The van der Waals surface area contributed by atoms with Gasteiger partial charge in [-0.3, -0.25) is 5.41 Å². The Balaban J connectivity index is 0.00000144. The molecule has 0 bridgehead atoms. The van der Waals surface area contributed by atoms with Crippen LogP contribution in [0.4, 0.5) is 0 Å². The average Bonchev–Trinajstić information content (AvgIpc) is 2.30. The highest BCUT2D eigenvalue weighted by molar-refractivity contribution is 5.96. The zero-order valence-corrected chi connectivity index (χ0v) is 10.4. The lowest BCUT2D eigenvalue weighted by atomic mass is 9.98. The van der Waals surface area contributed by atoms with Crippen molar-refractivity contribution in [2.45, 2.75) is 6.92 Å². The molecule has 0 aromatic heterocycles. The minimum absolute atomic E-state index is 0. The summed E-state index contributed by atoms with van der Waals surface area (Å²) in [5.74, 6) is 0.109. The van der Waals surface area contributed by atoms with Gasteiger partial charge in [-0.25, -0.2) is 0 Å². The Labute approximate surface area is 107 Å². The van der Waals surface area contributed by atoms with Crippen LogP contribution in [0.5, 0.6) is 0 Å². The van der Waals surface area contributed by atoms with Crippen molar-refractivity contribution in [1.29, 1.82) is 5.41 Å². The van der Waals surface area contributed by atoms with E-state index in [0.29, 0.717) is 0 Å². The summed E-state index contributed by atoms with van der Waals surface area (Å²) in [5.41, 5.74) is 9.74. The first-order valence-electron chi connectivity index (χ1n) is 5.19. The van der Waals surface area contributed by atoms with Crippen LogP contribution in [-0.4, -0.2) is 5.84 Å². The summed E-state index contributed by atoms with van der Waals surface area (Å²) < 4.78 is 0. The highest BCUT2D eigenvalue weighted by Crippen LogP contribution is 2.24. The maximum atomic E-state index is 7.44. The van der Waals surface area contributed by atoms with Crippen LogP contribution in [0.15, 0.2) is 48.5 Å². The highest BCUT2D eigenvalue weighted by atomic mass is 35.5. The number of nitrogens with two attached hydrogens (primary N) is 1. The molecule has 0 atom stereocenters. The molecule has 0 spiro atoms. The summed E-state index contributed by atoms with van der Waals surface area (Å²) in [5, 5.41) is 7.44. The van der Waals surface area contributed by atoms with E-state index >= 15 is 0 Å². The van der Waals surface area contributed by atoms with Crippen LogP contribution in [0, 0.1) is 12.3 Å². The number of hydrogen-bond donors (Lipinski definition) is 2. The molecule has 2 nitrogen and oxygen atoms in total.